The SMILES string of the molecule is O=C(NCCCO)[C@@H](c1ccccc1)N(Cc1ccccc1)C(=O)Cc1ccc(Cl)cc1. The Morgan fingerprint density at radius 2 is 1.50 bits per heavy atom. The van der Waals surface area contributed by atoms with Gasteiger partial charge in [-0.15, -0.1) is 0 Å². The summed E-state index contributed by atoms with van der Waals surface area (Å²) in [5.41, 5.74) is 2.49. The number of halogens is 1. The smallest absolute Gasteiger partial charge is 0.247 e. The minimum absolute atomic E-state index is 0.0144. The normalized spacial score (nSPS) is 11.6. The second kappa shape index (κ2) is 12.0. The second-order valence-corrected chi connectivity index (χ2v) is 7.93. The highest BCUT2D eigenvalue weighted by Gasteiger charge is 2.31. The minimum Gasteiger partial charge on any atom is -0.396 e. The van der Waals surface area contributed by atoms with Crippen molar-refractivity contribution in [1.82, 2.24) is 10.2 Å². The Hall–Kier alpha value is -3.15. The number of rotatable bonds is 10. The summed E-state index contributed by atoms with van der Waals surface area (Å²) in [5, 5.41) is 12.6. The number of hydrogen-bond acceptors (Lipinski definition) is 3. The Bertz CT molecular complexity index is 995. The summed E-state index contributed by atoms with van der Waals surface area (Å²) in [7, 11) is 0. The molecule has 0 bridgehead atoms. The highest BCUT2D eigenvalue weighted by molar-refractivity contribution is 6.30. The molecule has 0 aliphatic rings. The molecule has 2 amide bonds. The fourth-order valence-electron chi connectivity index (χ4n) is 3.48. The van der Waals surface area contributed by atoms with Crippen molar-refractivity contribution >= 4 is 23.4 Å². The highest BCUT2D eigenvalue weighted by atomic mass is 35.5. The van der Waals surface area contributed by atoms with E-state index in [0.29, 0.717) is 24.5 Å². The number of aliphatic hydroxyl groups excluding tert-OH is 1. The number of nitrogens with zero attached hydrogens (tertiary/aromatic N) is 1. The van der Waals surface area contributed by atoms with Crippen molar-refractivity contribution in [2.45, 2.75) is 25.4 Å². The van der Waals surface area contributed by atoms with Crippen LogP contribution in [0.2, 0.25) is 5.02 Å². The summed E-state index contributed by atoms with van der Waals surface area (Å²) in [5.74, 6) is -0.438. The molecule has 6 heteroatoms. The molecule has 1 atom stereocenters. The fraction of sp³-hybridized carbons (Fsp3) is 0.231. The van der Waals surface area contributed by atoms with Crippen LogP contribution in [-0.2, 0) is 22.6 Å². The summed E-state index contributed by atoms with van der Waals surface area (Å²) >= 11 is 5.98. The van der Waals surface area contributed by atoms with Crippen LogP contribution in [0.4, 0.5) is 0 Å². The summed E-state index contributed by atoms with van der Waals surface area (Å²) < 4.78 is 0. The van der Waals surface area contributed by atoms with Crippen molar-refractivity contribution in [1.29, 1.82) is 0 Å². The summed E-state index contributed by atoms with van der Waals surface area (Å²) in [6.07, 6.45) is 0.599. The van der Waals surface area contributed by atoms with Crippen LogP contribution >= 0.6 is 11.6 Å². The van der Waals surface area contributed by atoms with E-state index in [1.165, 1.54) is 0 Å². The van der Waals surface area contributed by atoms with Crippen LogP contribution in [-0.4, -0.2) is 35.0 Å². The van der Waals surface area contributed by atoms with Gasteiger partial charge in [-0.3, -0.25) is 9.59 Å². The summed E-state index contributed by atoms with van der Waals surface area (Å²) in [6, 6.07) is 25.3. The van der Waals surface area contributed by atoms with Crippen molar-refractivity contribution in [3.05, 3.63) is 107 Å². The molecule has 3 aromatic carbocycles. The average Bonchev–Trinajstić information content (AvgIpc) is 2.81. The number of aliphatic hydroxyl groups is 1. The number of amides is 2. The lowest BCUT2D eigenvalue weighted by atomic mass is 10.0. The maximum Gasteiger partial charge on any atom is 0.247 e. The second-order valence-electron chi connectivity index (χ2n) is 7.49. The molecule has 2 N–H and O–H groups in total. The first-order valence-electron chi connectivity index (χ1n) is 10.6. The predicted octanol–water partition coefficient (Wildman–Crippen LogP) is 4.15. The maximum atomic E-state index is 13.5. The van der Waals surface area contributed by atoms with E-state index in [4.69, 9.17) is 16.7 Å². The molecule has 3 aromatic rings. The van der Waals surface area contributed by atoms with Crippen molar-refractivity contribution in [2.24, 2.45) is 0 Å². The molecule has 0 saturated carbocycles. The Labute approximate surface area is 193 Å². The predicted molar refractivity (Wildman–Crippen MR) is 126 cm³/mol. The molecular weight excluding hydrogens is 424 g/mol. The van der Waals surface area contributed by atoms with Crippen LogP contribution in [0.1, 0.15) is 29.2 Å². The van der Waals surface area contributed by atoms with Crippen LogP contribution in [0.3, 0.4) is 0 Å². The zero-order valence-corrected chi connectivity index (χ0v) is 18.5. The fourth-order valence-corrected chi connectivity index (χ4v) is 3.60. The van der Waals surface area contributed by atoms with Gasteiger partial charge in [0.2, 0.25) is 11.8 Å². The van der Waals surface area contributed by atoms with Gasteiger partial charge in [0.1, 0.15) is 6.04 Å². The standard InChI is InChI=1S/C26H27ClN2O3/c27-23-14-12-20(13-15-23)18-24(31)29(19-21-8-3-1-4-9-21)25(22-10-5-2-6-11-22)26(32)28-16-7-17-30/h1-6,8-15,25,30H,7,16-19H2,(H,28,32)/t25-/m1/s1. The molecule has 0 radical (unpaired) electrons. The quantitative estimate of drug-likeness (QED) is 0.456. The van der Waals surface area contributed by atoms with Gasteiger partial charge in [-0.25, -0.2) is 0 Å². The van der Waals surface area contributed by atoms with Gasteiger partial charge in [-0.1, -0.05) is 84.4 Å². The Morgan fingerprint density at radius 1 is 0.875 bits per heavy atom. The largest absolute Gasteiger partial charge is 0.396 e. The van der Waals surface area contributed by atoms with E-state index in [1.807, 2.05) is 72.8 Å². The van der Waals surface area contributed by atoms with Crippen molar-refractivity contribution in [3.63, 3.8) is 0 Å². The highest BCUT2D eigenvalue weighted by Crippen LogP contribution is 2.25. The zero-order valence-electron chi connectivity index (χ0n) is 17.8. The maximum absolute atomic E-state index is 13.5. The Balaban J connectivity index is 1.94. The topological polar surface area (TPSA) is 69.6 Å². The first-order chi connectivity index (χ1) is 15.6. The molecule has 0 fully saturated rings. The molecule has 0 heterocycles. The zero-order chi connectivity index (χ0) is 22.8. The Kier molecular flexibility index (Phi) is 8.84. The van der Waals surface area contributed by atoms with E-state index in [-0.39, 0.29) is 24.8 Å². The molecule has 166 valence electrons. The molecule has 0 aliphatic carbocycles. The first-order valence-corrected chi connectivity index (χ1v) is 11.0. The molecular formula is C26H27ClN2O3. The van der Waals surface area contributed by atoms with E-state index in [2.05, 4.69) is 5.32 Å². The number of carbonyl (C=O) groups excluding carboxylic acids is 2. The van der Waals surface area contributed by atoms with Gasteiger partial charge in [0.25, 0.3) is 0 Å². The lowest BCUT2D eigenvalue weighted by Crippen LogP contribution is -2.44. The summed E-state index contributed by atoms with van der Waals surface area (Å²) in [6.45, 7) is 0.614. The molecule has 0 spiro atoms. The van der Waals surface area contributed by atoms with Crippen LogP contribution < -0.4 is 5.32 Å². The van der Waals surface area contributed by atoms with Crippen LogP contribution in [0.15, 0.2) is 84.9 Å². The lowest BCUT2D eigenvalue weighted by Gasteiger charge is -2.32. The van der Waals surface area contributed by atoms with Crippen molar-refractivity contribution < 1.29 is 14.7 Å². The first kappa shape index (κ1) is 23.5. The molecule has 0 aromatic heterocycles. The lowest BCUT2D eigenvalue weighted by molar-refractivity contribution is -0.141. The van der Waals surface area contributed by atoms with Gasteiger partial charge in [-0.2, -0.15) is 0 Å². The number of hydrogen-bond donors (Lipinski definition) is 2. The van der Waals surface area contributed by atoms with Crippen LogP contribution in [0, 0.1) is 0 Å². The van der Waals surface area contributed by atoms with Crippen molar-refractivity contribution in [2.75, 3.05) is 13.2 Å². The molecule has 0 unspecified atom stereocenters. The van der Waals surface area contributed by atoms with Gasteiger partial charge >= 0.3 is 0 Å². The van der Waals surface area contributed by atoms with E-state index in [1.54, 1.807) is 17.0 Å². The van der Waals surface area contributed by atoms with Crippen molar-refractivity contribution in [3.8, 4) is 0 Å². The van der Waals surface area contributed by atoms with E-state index in [0.717, 1.165) is 16.7 Å². The van der Waals surface area contributed by atoms with Gasteiger partial charge in [0, 0.05) is 24.7 Å². The van der Waals surface area contributed by atoms with E-state index >= 15 is 0 Å². The third-order valence-corrected chi connectivity index (χ3v) is 5.35. The van der Waals surface area contributed by atoms with E-state index < -0.39 is 6.04 Å². The number of benzene rings is 3. The van der Waals surface area contributed by atoms with Gasteiger partial charge in [0.15, 0.2) is 0 Å². The number of nitrogens with one attached hydrogen (secondary N) is 1. The minimum atomic E-state index is -0.796. The molecule has 32 heavy (non-hydrogen) atoms. The molecule has 0 aliphatic heterocycles. The third kappa shape index (κ3) is 6.67. The summed E-state index contributed by atoms with van der Waals surface area (Å²) in [4.78, 5) is 28.4. The van der Waals surface area contributed by atoms with Gasteiger partial charge in [-0.05, 0) is 35.2 Å². The van der Waals surface area contributed by atoms with E-state index in [9.17, 15) is 9.59 Å². The average molecular weight is 451 g/mol. The van der Waals surface area contributed by atoms with Crippen LogP contribution in [0.25, 0.3) is 0 Å². The molecule has 3 rings (SSSR count). The molecule has 0 saturated heterocycles. The number of carbonyl (C=O) groups is 2. The van der Waals surface area contributed by atoms with Gasteiger partial charge < -0.3 is 15.3 Å². The monoisotopic (exact) mass is 450 g/mol. The molecule has 5 nitrogen and oxygen atoms in total. The third-order valence-electron chi connectivity index (χ3n) is 5.09. The van der Waals surface area contributed by atoms with Crippen LogP contribution in [0.5, 0.6) is 0 Å². The van der Waals surface area contributed by atoms with Gasteiger partial charge in [0.05, 0.1) is 6.42 Å². The Morgan fingerprint density at radius 3 is 2.12 bits per heavy atom.